The average molecular weight is 327 g/mol. The van der Waals surface area contributed by atoms with E-state index in [0.29, 0.717) is 12.8 Å². The molecule has 0 aromatic rings. The van der Waals surface area contributed by atoms with Crippen LogP contribution in [0.25, 0.3) is 0 Å². The van der Waals surface area contributed by atoms with Gasteiger partial charge in [0.25, 0.3) is 0 Å². The molecule has 0 aliphatic heterocycles. The highest BCUT2D eigenvalue weighted by atomic mass is 32.2. The zero-order valence-corrected chi connectivity index (χ0v) is 12.4. The van der Waals surface area contributed by atoms with E-state index in [1.807, 2.05) is 0 Å². The van der Waals surface area contributed by atoms with E-state index in [-0.39, 0.29) is 5.57 Å². The highest BCUT2D eigenvalue weighted by molar-refractivity contribution is 7.86. The number of halogens is 2. The number of rotatable bonds is 7. The quantitative estimate of drug-likeness (QED) is 0.400. The summed E-state index contributed by atoms with van der Waals surface area (Å²) in [5.74, 6) is -0.785. The molecule has 9 heteroatoms. The molecule has 1 aliphatic rings. The molecule has 1 saturated carbocycles. The van der Waals surface area contributed by atoms with Crippen molar-refractivity contribution in [3.63, 3.8) is 0 Å². The van der Waals surface area contributed by atoms with Crippen LogP contribution in [0.1, 0.15) is 32.6 Å². The summed E-state index contributed by atoms with van der Waals surface area (Å²) >= 11 is 0. The third-order valence-electron chi connectivity index (χ3n) is 3.20. The molecule has 0 amide bonds. The van der Waals surface area contributed by atoms with Gasteiger partial charge in [0.1, 0.15) is 12.2 Å². The van der Waals surface area contributed by atoms with E-state index < -0.39 is 40.2 Å². The molecule has 1 fully saturated rings. The van der Waals surface area contributed by atoms with Crippen molar-refractivity contribution >= 4 is 16.1 Å². The fourth-order valence-electron chi connectivity index (χ4n) is 1.95. The topological polar surface area (TPSA) is 92.7 Å². The smallest absolute Gasteiger partial charge is 0.357 e. The zero-order chi connectivity index (χ0) is 16.3. The lowest BCUT2D eigenvalue weighted by Gasteiger charge is -2.24. The minimum Gasteiger partial charge on any atom is -0.743 e. The summed E-state index contributed by atoms with van der Waals surface area (Å²) in [6.07, 6.45) is 3.28. The van der Waals surface area contributed by atoms with Crippen molar-refractivity contribution in [1.29, 1.82) is 0 Å². The van der Waals surface area contributed by atoms with Crippen LogP contribution in [0.15, 0.2) is 12.2 Å². The van der Waals surface area contributed by atoms with Crippen molar-refractivity contribution in [3.8, 4) is 0 Å². The van der Waals surface area contributed by atoms with Gasteiger partial charge >= 0.3 is 11.2 Å². The molecule has 0 bridgehead atoms. The van der Waals surface area contributed by atoms with Crippen LogP contribution in [0.4, 0.5) is 8.78 Å². The number of hydrogen-bond acceptors (Lipinski definition) is 6. The molecule has 0 heterocycles. The van der Waals surface area contributed by atoms with E-state index in [1.54, 1.807) is 6.92 Å². The average Bonchev–Trinajstić information content (AvgIpc) is 2.73. The minimum atomic E-state index is -5.80. The Morgan fingerprint density at radius 1 is 1.38 bits per heavy atom. The van der Waals surface area contributed by atoms with Gasteiger partial charge in [-0.2, -0.15) is 8.78 Å². The molecular formula is C12H17F2O6S-. The second-order valence-corrected chi connectivity index (χ2v) is 6.74. The highest BCUT2D eigenvalue weighted by Crippen LogP contribution is 2.33. The van der Waals surface area contributed by atoms with E-state index >= 15 is 0 Å². The van der Waals surface area contributed by atoms with Crippen LogP contribution < -0.4 is 0 Å². The fourth-order valence-corrected chi connectivity index (χ4v) is 2.17. The Morgan fingerprint density at radius 2 is 1.90 bits per heavy atom. The van der Waals surface area contributed by atoms with Gasteiger partial charge in [-0.05, 0) is 32.6 Å². The Hall–Kier alpha value is -1.06. The van der Waals surface area contributed by atoms with E-state index in [9.17, 15) is 26.5 Å². The molecule has 0 aromatic heterocycles. The van der Waals surface area contributed by atoms with Gasteiger partial charge in [0, 0.05) is 0 Å². The molecule has 0 unspecified atom stereocenters. The Kier molecular flexibility index (Phi) is 5.46. The van der Waals surface area contributed by atoms with Crippen molar-refractivity contribution in [2.45, 2.75) is 43.5 Å². The maximum atomic E-state index is 12.8. The lowest BCUT2D eigenvalue weighted by Crippen LogP contribution is -2.34. The predicted molar refractivity (Wildman–Crippen MR) is 67.6 cm³/mol. The second-order valence-electron chi connectivity index (χ2n) is 5.23. The van der Waals surface area contributed by atoms with Gasteiger partial charge in [-0.15, -0.1) is 0 Å². The first kappa shape index (κ1) is 18.0. The van der Waals surface area contributed by atoms with Crippen LogP contribution in [0, 0.1) is 0 Å². The Bertz CT molecular complexity index is 508. The lowest BCUT2D eigenvalue weighted by atomic mass is 10.1. The van der Waals surface area contributed by atoms with Gasteiger partial charge in [0.2, 0.25) is 0 Å². The van der Waals surface area contributed by atoms with Crippen LogP contribution in [0.3, 0.4) is 0 Å². The number of carbonyl (C=O) groups is 1. The van der Waals surface area contributed by atoms with E-state index in [1.165, 1.54) is 0 Å². The fraction of sp³-hybridized carbons (Fsp3) is 0.750. The molecule has 0 aromatic carbocycles. The van der Waals surface area contributed by atoms with Gasteiger partial charge in [-0.1, -0.05) is 6.58 Å². The lowest BCUT2D eigenvalue weighted by molar-refractivity contribution is -0.153. The number of carbonyl (C=O) groups excluding carboxylic acids is 1. The molecule has 0 N–H and O–H groups in total. The number of ether oxygens (including phenoxy) is 2. The van der Waals surface area contributed by atoms with Crippen molar-refractivity contribution in [3.05, 3.63) is 12.2 Å². The van der Waals surface area contributed by atoms with E-state index in [0.717, 1.165) is 12.8 Å². The highest BCUT2D eigenvalue weighted by Gasteiger charge is 2.38. The molecule has 0 spiro atoms. The summed E-state index contributed by atoms with van der Waals surface area (Å²) in [6, 6.07) is 0. The van der Waals surface area contributed by atoms with Crippen LogP contribution in [-0.2, 0) is 24.4 Å². The Morgan fingerprint density at radius 3 is 2.38 bits per heavy atom. The van der Waals surface area contributed by atoms with Crippen molar-refractivity contribution in [1.82, 2.24) is 0 Å². The second kappa shape index (κ2) is 6.37. The number of esters is 1. The largest absolute Gasteiger partial charge is 0.743 e. The summed E-state index contributed by atoms with van der Waals surface area (Å²) in [5.41, 5.74) is -0.815. The molecule has 21 heavy (non-hydrogen) atoms. The van der Waals surface area contributed by atoms with Gasteiger partial charge in [0.15, 0.2) is 10.1 Å². The molecular weight excluding hydrogens is 310 g/mol. The summed E-state index contributed by atoms with van der Waals surface area (Å²) in [4.78, 5) is 11.7. The zero-order valence-electron chi connectivity index (χ0n) is 11.6. The predicted octanol–water partition coefficient (Wildman–Crippen LogP) is 1.57. The first-order valence-corrected chi connectivity index (χ1v) is 7.70. The standard InChI is InChI=1S/C12H18F2O6S/c1-9(7-19-8-12(13,14)21(16,17)18)10(15)20-11(2)5-3-4-6-11/h1,3-8H2,2H3,(H,16,17,18)/p-1. The maximum Gasteiger partial charge on any atom is 0.357 e. The minimum absolute atomic E-state index is 0.220. The molecule has 0 radical (unpaired) electrons. The summed E-state index contributed by atoms with van der Waals surface area (Å²) in [6.45, 7) is 2.83. The molecule has 0 saturated heterocycles. The first-order valence-electron chi connectivity index (χ1n) is 6.29. The number of alkyl halides is 2. The first-order chi connectivity index (χ1) is 9.47. The van der Waals surface area contributed by atoms with Gasteiger partial charge < -0.3 is 14.0 Å². The van der Waals surface area contributed by atoms with Crippen LogP contribution in [0.2, 0.25) is 0 Å². The van der Waals surface area contributed by atoms with Crippen molar-refractivity contribution in [2.24, 2.45) is 0 Å². The maximum absolute atomic E-state index is 12.8. The Labute approximate surface area is 121 Å². The van der Waals surface area contributed by atoms with Crippen LogP contribution in [0.5, 0.6) is 0 Å². The number of hydrogen-bond donors (Lipinski definition) is 0. The van der Waals surface area contributed by atoms with Crippen LogP contribution in [-0.4, -0.2) is 43.0 Å². The SMILES string of the molecule is C=C(COCC(F)(F)S(=O)(=O)[O-])C(=O)OC1(C)CCCC1. The monoisotopic (exact) mass is 327 g/mol. The summed E-state index contributed by atoms with van der Waals surface area (Å²) in [7, 11) is -5.80. The van der Waals surface area contributed by atoms with Crippen molar-refractivity contribution in [2.75, 3.05) is 13.2 Å². The summed E-state index contributed by atoms with van der Waals surface area (Å²) < 4.78 is 65.9. The van der Waals surface area contributed by atoms with Crippen LogP contribution >= 0.6 is 0 Å². The Balaban J connectivity index is 2.42. The van der Waals surface area contributed by atoms with E-state index in [2.05, 4.69) is 11.3 Å². The molecule has 6 nitrogen and oxygen atoms in total. The molecule has 1 aliphatic carbocycles. The van der Waals surface area contributed by atoms with Gasteiger partial charge in [-0.25, -0.2) is 13.2 Å². The third-order valence-corrected chi connectivity index (χ3v) is 4.05. The van der Waals surface area contributed by atoms with Gasteiger partial charge in [0.05, 0.1) is 12.2 Å². The molecule has 122 valence electrons. The molecule has 0 atom stereocenters. The molecule has 1 rings (SSSR count). The third kappa shape index (κ3) is 5.01. The van der Waals surface area contributed by atoms with E-state index in [4.69, 9.17) is 4.74 Å². The van der Waals surface area contributed by atoms with Gasteiger partial charge in [-0.3, -0.25) is 0 Å². The normalized spacial score (nSPS) is 18.5. The van der Waals surface area contributed by atoms with Crippen molar-refractivity contribution < 1.29 is 36.0 Å². The summed E-state index contributed by atoms with van der Waals surface area (Å²) in [5, 5.41) is -4.55.